The van der Waals surface area contributed by atoms with E-state index in [1.54, 1.807) is 27.7 Å². The number of methoxy groups -OCH3 is 3. The number of hydrogen-bond donors (Lipinski definition) is 3. The molecule has 0 bridgehead atoms. The summed E-state index contributed by atoms with van der Waals surface area (Å²) in [7, 11) is 4.88. The maximum absolute atomic E-state index is 6.25. The molecule has 1 saturated heterocycles. The monoisotopic (exact) mass is 377 g/mol. The Kier molecular flexibility index (Phi) is 6.41. The zero-order valence-electron chi connectivity index (χ0n) is 16.6. The number of fused-ring (bicyclic) bond motifs is 1. The van der Waals surface area contributed by atoms with E-state index in [2.05, 4.69) is 27.4 Å². The number of nitrogens with one attached hydrogen (secondary N) is 2. The third-order valence-electron chi connectivity index (χ3n) is 5.25. The van der Waals surface area contributed by atoms with Crippen LogP contribution in [0.15, 0.2) is 17.1 Å². The molecule has 0 aliphatic carbocycles. The highest BCUT2D eigenvalue weighted by atomic mass is 16.5. The van der Waals surface area contributed by atoms with Gasteiger partial charge in [0.2, 0.25) is 5.75 Å². The second kappa shape index (κ2) is 8.77. The van der Waals surface area contributed by atoms with Crippen LogP contribution in [0.1, 0.15) is 25.3 Å². The Morgan fingerprint density at radius 1 is 1.15 bits per heavy atom. The van der Waals surface area contributed by atoms with Gasteiger partial charge in [0.05, 0.1) is 46.0 Å². The van der Waals surface area contributed by atoms with E-state index in [-0.39, 0.29) is 24.5 Å². The zero-order valence-corrected chi connectivity index (χ0v) is 16.6. The average molecular weight is 377 g/mol. The Morgan fingerprint density at radius 2 is 1.85 bits per heavy atom. The number of unbranched alkanes of at least 4 members (excludes halogenated alkanes) is 1. The van der Waals surface area contributed by atoms with Crippen molar-refractivity contribution in [1.82, 2.24) is 15.5 Å². The molecular formula is C19H31N5O3. The van der Waals surface area contributed by atoms with E-state index >= 15 is 0 Å². The molecule has 2 aliphatic rings. The lowest BCUT2D eigenvalue weighted by molar-refractivity contribution is 0.178. The zero-order chi connectivity index (χ0) is 19.4. The van der Waals surface area contributed by atoms with Crippen molar-refractivity contribution in [2.75, 3.05) is 27.9 Å². The highest BCUT2D eigenvalue weighted by Gasteiger charge is 2.44. The van der Waals surface area contributed by atoms with Gasteiger partial charge in [-0.15, -0.1) is 0 Å². The van der Waals surface area contributed by atoms with Crippen molar-refractivity contribution in [2.24, 2.45) is 10.7 Å². The molecule has 0 saturated carbocycles. The van der Waals surface area contributed by atoms with E-state index in [4.69, 9.17) is 19.9 Å². The predicted molar refractivity (Wildman–Crippen MR) is 106 cm³/mol. The third-order valence-corrected chi connectivity index (χ3v) is 5.25. The number of benzene rings is 1. The van der Waals surface area contributed by atoms with Gasteiger partial charge < -0.3 is 25.3 Å². The van der Waals surface area contributed by atoms with Crippen LogP contribution < -0.4 is 30.6 Å². The smallest absolute Gasteiger partial charge is 0.203 e. The molecule has 0 amide bonds. The fourth-order valence-electron chi connectivity index (χ4n) is 3.85. The molecule has 8 heteroatoms. The van der Waals surface area contributed by atoms with Crippen molar-refractivity contribution in [1.29, 1.82) is 0 Å². The Bertz CT molecular complexity index is 644. The molecule has 1 aromatic rings. The summed E-state index contributed by atoms with van der Waals surface area (Å²) >= 11 is 0. The fraction of sp³-hybridized carbons (Fsp3) is 0.632. The minimum atomic E-state index is -0.151. The van der Waals surface area contributed by atoms with Crippen molar-refractivity contribution in [3.8, 4) is 17.2 Å². The lowest BCUT2D eigenvalue weighted by atomic mass is 10.1. The summed E-state index contributed by atoms with van der Waals surface area (Å²) in [5.74, 6) is 1.94. The van der Waals surface area contributed by atoms with Gasteiger partial charge in [-0.3, -0.25) is 15.2 Å². The summed E-state index contributed by atoms with van der Waals surface area (Å²) in [5, 5.41) is 6.77. The molecule has 4 unspecified atom stereocenters. The largest absolute Gasteiger partial charge is 0.493 e. The number of nitrogens with zero attached hydrogens (tertiary/aromatic N) is 2. The van der Waals surface area contributed by atoms with Gasteiger partial charge >= 0.3 is 0 Å². The van der Waals surface area contributed by atoms with Crippen LogP contribution in [0.3, 0.4) is 0 Å². The molecule has 1 aromatic carbocycles. The Balaban J connectivity index is 1.85. The van der Waals surface area contributed by atoms with Crippen LogP contribution in [-0.2, 0) is 6.42 Å². The van der Waals surface area contributed by atoms with Crippen LogP contribution in [0.5, 0.6) is 17.2 Å². The number of ether oxygens (including phenoxy) is 3. The molecule has 8 nitrogen and oxygen atoms in total. The SMILES string of the molecule is CCCCN1C(Cc2cc(OC)c(OC)c(OC)c2)NC2C(N)NC=NC21. The summed E-state index contributed by atoms with van der Waals surface area (Å²) in [6.07, 6.45) is 4.82. The van der Waals surface area contributed by atoms with Crippen molar-refractivity contribution in [3.63, 3.8) is 0 Å². The molecule has 0 aromatic heterocycles. The van der Waals surface area contributed by atoms with Crippen LogP contribution in [0.25, 0.3) is 0 Å². The molecule has 3 rings (SSSR count). The molecule has 0 radical (unpaired) electrons. The first-order valence-corrected chi connectivity index (χ1v) is 9.46. The maximum atomic E-state index is 6.25. The topological polar surface area (TPSA) is 93.4 Å². The number of hydrogen-bond acceptors (Lipinski definition) is 8. The number of nitrogens with two attached hydrogens (primary N) is 1. The van der Waals surface area contributed by atoms with E-state index in [9.17, 15) is 0 Å². The van der Waals surface area contributed by atoms with Crippen LogP contribution in [-0.4, -0.2) is 63.7 Å². The van der Waals surface area contributed by atoms with E-state index in [0.717, 1.165) is 31.4 Å². The van der Waals surface area contributed by atoms with Gasteiger partial charge in [-0.2, -0.15) is 0 Å². The molecule has 1 fully saturated rings. The minimum Gasteiger partial charge on any atom is -0.493 e. The first-order chi connectivity index (χ1) is 13.1. The highest BCUT2D eigenvalue weighted by Crippen LogP contribution is 2.39. The molecule has 2 heterocycles. The second-order valence-corrected chi connectivity index (χ2v) is 6.92. The van der Waals surface area contributed by atoms with Gasteiger partial charge in [0.1, 0.15) is 6.17 Å². The van der Waals surface area contributed by atoms with E-state index in [1.165, 1.54) is 0 Å². The van der Waals surface area contributed by atoms with Crippen LogP contribution in [0, 0.1) is 0 Å². The number of aliphatic imine (C=N–C) groups is 1. The van der Waals surface area contributed by atoms with Crippen LogP contribution in [0.4, 0.5) is 0 Å². The molecule has 4 N–H and O–H groups in total. The molecule has 27 heavy (non-hydrogen) atoms. The molecule has 2 aliphatic heterocycles. The highest BCUT2D eigenvalue weighted by molar-refractivity contribution is 5.57. The third kappa shape index (κ3) is 3.97. The van der Waals surface area contributed by atoms with Crippen molar-refractivity contribution < 1.29 is 14.2 Å². The van der Waals surface area contributed by atoms with Gasteiger partial charge in [0.25, 0.3) is 0 Å². The predicted octanol–water partition coefficient (Wildman–Crippen LogP) is 0.897. The summed E-state index contributed by atoms with van der Waals surface area (Å²) in [6.45, 7) is 3.18. The van der Waals surface area contributed by atoms with Gasteiger partial charge in [0.15, 0.2) is 11.5 Å². The standard InChI is InChI=1S/C19H31N5O3/c1-5-6-7-24-15(23-16-18(20)21-11-22-19(16)24)10-12-8-13(25-2)17(27-4)14(9-12)26-3/h8-9,11,15-16,18-19,23H,5-7,10,20H2,1-4H3,(H,21,22). The first-order valence-electron chi connectivity index (χ1n) is 9.46. The lowest BCUT2D eigenvalue weighted by Gasteiger charge is -2.31. The van der Waals surface area contributed by atoms with Crippen LogP contribution in [0.2, 0.25) is 0 Å². The molecule has 150 valence electrons. The lowest BCUT2D eigenvalue weighted by Crippen LogP contribution is -2.58. The Labute approximate surface area is 161 Å². The van der Waals surface area contributed by atoms with E-state index < -0.39 is 0 Å². The van der Waals surface area contributed by atoms with Crippen molar-refractivity contribution in [2.45, 2.75) is 50.7 Å². The second-order valence-electron chi connectivity index (χ2n) is 6.92. The summed E-state index contributed by atoms with van der Waals surface area (Å²) in [6, 6.07) is 4.09. The van der Waals surface area contributed by atoms with E-state index in [0.29, 0.717) is 17.2 Å². The minimum absolute atomic E-state index is 0.0554. The number of rotatable bonds is 8. The average Bonchev–Trinajstić information content (AvgIpc) is 3.03. The Hall–Kier alpha value is -2.03. The maximum Gasteiger partial charge on any atom is 0.203 e. The van der Waals surface area contributed by atoms with Crippen molar-refractivity contribution >= 4 is 6.34 Å². The van der Waals surface area contributed by atoms with Gasteiger partial charge in [-0.25, -0.2) is 0 Å². The fourth-order valence-corrected chi connectivity index (χ4v) is 3.85. The normalized spacial score (nSPS) is 27.1. The first kappa shape index (κ1) is 19.7. The summed E-state index contributed by atoms with van der Waals surface area (Å²) < 4.78 is 16.4. The Morgan fingerprint density at radius 3 is 2.44 bits per heavy atom. The van der Waals surface area contributed by atoms with Gasteiger partial charge in [0, 0.05) is 13.0 Å². The van der Waals surface area contributed by atoms with Gasteiger partial charge in [-0.05, 0) is 24.1 Å². The molecular weight excluding hydrogens is 346 g/mol. The summed E-state index contributed by atoms with van der Waals surface area (Å²) in [5.41, 5.74) is 7.35. The van der Waals surface area contributed by atoms with Gasteiger partial charge in [-0.1, -0.05) is 13.3 Å². The van der Waals surface area contributed by atoms with E-state index in [1.807, 2.05) is 12.1 Å². The molecule has 4 atom stereocenters. The summed E-state index contributed by atoms with van der Waals surface area (Å²) in [4.78, 5) is 7.05. The quantitative estimate of drug-likeness (QED) is 0.620. The van der Waals surface area contributed by atoms with Crippen LogP contribution >= 0.6 is 0 Å². The van der Waals surface area contributed by atoms with Crippen molar-refractivity contribution in [3.05, 3.63) is 17.7 Å². The molecule has 0 spiro atoms.